The number of amides is 1. The number of aromatic nitrogens is 3. The fraction of sp³-hybridized carbons (Fsp3) is 0.519. The van der Waals surface area contributed by atoms with Crippen LogP contribution in [0, 0.1) is 21.3 Å². The van der Waals surface area contributed by atoms with Crippen LogP contribution in [0.15, 0.2) is 71.9 Å². The van der Waals surface area contributed by atoms with Gasteiger partial charge in [-0.25, -0.2) is 22.5 Å². The number of sulfonamides is 1. The highest BCUT2D eigenvalue weighted by atomic mass is 32.2. The molecule has 0 bridgehead atoms. The molecule has 2 aliphatic heterocycles. The fourth-order valence-electron chi connectivity index (χ4n) is 10.3. The second kappa shape index (κ2) is 21.4. The van der Waals surface area contributed by atoms with Gasteiger partial charge in [-0.2, -0.15) is 4.98 Å². The van der Waals surface area contributed by atoms with Gasteiger partial charge in [0, 0.05) is 76.0 Å². The smallest absolute Gasteiger partial charge is 0.312 e. The Morgan fingerprint density at radius 2 is 1.85 bits per heavy atom. The molecule has 1 unspecified atom stereocenters. The van der Waals surface area contributed by atoms with Gasteiger partial charge in [0.15, 0.2) is 5.75 Å². The Hall–Kier alpha value is -5.89. The summed E-state index contributed by atoms with van der Waals surface area (Å²) in [6, 6.07) is 16.5. The molecule has 19 heteroatoms. The number of carbonyl (C=O) groups excluding carboxylic acids is 1. The summed E-state index contributed by atoms with van der Waals surface area (Å²) in [6.45, 7) is 13.9. The van der Waals surface area contributed by atoms with Crippen LogP contribution >= 0.6 is 0 Å². The molecule has 382 valence electrons. The van der Waals surface area contributed by atoms with Crippen LogP contribution in [-0.4, -0.2) is 108 Å². The zero-order chi connectivity index (χ0) is 50.7. The minimum atomic E-state index is -4.75. The standard InChI is InChI=1S/C52H67FN8O9S/c1-7-51(5,63)19-10-11-22-54-48-44(61(64)65)26-36(28-55-48)71(66,67)58-49(62)40-18-17-35(25-45(40)70-46-27-41-42(53)29-56-47(41)57-50(46)69-30-34(4)68-6)59-23-20-52(21-24-59)31-60(32-52)43-16-12-15-39(43)38-14-9-8-13-37(38)33(2)3/h8-9,13-14,17-18,25-29,33-34,39,43,63H,7,10-12,15-16,19-24,30-32H2,1-6H3,(H,54,55)(H,56,57)(H,58,62)/t34?,39-,43-,51+/m0/s1. The molecule has 5 heterocycles. The summed E-state index contributed by atoms with van der Waals surface area (Å²) < 4.78 is 62.6. The van der Waals surface area contributed by atoms with Gasteiger partial charge >= 0.3 is 5.69 Å². The summed E-state index contributed by atoms with van der Waals surface area (Å²) in [5.41, 5.74) is 2.44. The number of pyridine rings is 2. The minimum Gasteiger partial charge on any atom is -0.472 e. The normalized spacial score (nSPS) is 19.4. The van der Waals surface area contributed by atoms with Crippen molar-refractivity contribution in [1.29, 1.82) is 0 Å². The molecule has 71 heavy (non-hydrogen) atoms. The van der Waals surface area contributed by atoms with Gasteiger partial charge in [0.05, 0.1) is 33.8 Å². The van der Waals surface area contributed by atoms with Crippen LogP contribution in [0.2, 0.25) is 0 Å². The van der Waals surface area contributed by atoms with Crippen molar-refractivity contribution in [3.05, 3.63) is 99.6 Å². The lowest BCUT2D eigenvalue weighted by Crippen LogP contribution is -2.63. The number of methoxy groups -OCH3 is 1. The van der Waals surface area contributed by atoms with E-state index in [-0.39, 0.29) is 57.9 Å². The third kappa shape index (κ3) is 11.6. The topological polar surface area (TPSA) is 214 Å². The summed E-state index contributed by atoms with van der Waals surface area (Å²) in [4.78, 5) is 41.2. The maximum absolute atomic E-state index is 15.0. The SMILES string of the molecule is CC[C@@](C)(O)CCCCNc1ncc(S(=O)(=O)NC(=O)c2ccc(N3CCC4(CC3)CN([C@H]3CCC[C@H]3c3ccccc3C(C)C)C4)cc2Oc2cc3c(F)c[nH]c3nc2OCC(C)OC)cc1[N+](=O)[O-]. The van der Waals surface area contributed by atoms with Crippen molar-refractivity contribution in [3.63, 3.8) is 0 Å². The van der Waals surface area contributed by atoms with Gasteiger partial charge in [-0.1, -0.05) is 51.5 Å². The highest BCUT2D eigenvalue weighted by Gasteiger charge is 2.49. The number of piperidine rings is 1. The number of rotatable bonds is 21. The Morgan fingerprint density at radius 3 is 2.56 bits per heavy atom. The summed E-state index contributed by atoms with van der Waals surface area (Å²) in [6.07, 6.45) is 9.64. The molecule has 8 rings (SSSR count). The number of H-pyrrole nitrogens is 1. The molecule has 3 aliphatic rings. The first-order valence-corrected chi connectivity index (χ1v) is 26.3. The number of aliphatic hydroxyl groups is 1. The molecule has 2 saturated heterocycles. The first-order valence-electron chi connectivity index (χ1n) is 24.8. The predicted octanol–water partition coefficient (Wildman–Crippen LogP) is 9.44. The number of nitrogens with zero attached hydrogens (tertiary/aromatic N) is 5. The van der Waals surface area contributed by atoms with Crippen molar-refractivity contribution in [2.45, 2.75) is 127 Å². The second-order valence-corrected chi connectivity index (χ2v) is 21.9. The maximum atomic E-state index is 15.0. The Morgan fingerprint density at radius 1 is 1.08 bits per heavy atom. The van der Waals surface area contributed by atoms with Crippen LogP contribution in [0.4, 0.5) is 21.6 Å². The molecule has 2 aromatic carbocycles. The Labute approximate surface area is 415 Å². The van der Waals surface area contributed by atoms with E-state index in [1.807, 2.05) is 6.92 Å². The van der Waals surface area contributed by atoms with Gasteiger partial charge in [0.2, 0.25) is 5.82 Å². The summed E-state index contributed by atoms with van der Waals surface area (Å²) in [7, 11) is -3.22. The highest BCUT2D eigenvalue weighted by molar-refractivity contribution is 7.90. The van der Waals surface area contributed by atoms with Crippen LogP contribution in [0.1, 0.15) is 126 Å². The molecule has 1 spiro atoms. The van der Waals surface area contributed by atoms with Gasteiger partial charge in [-0.15, -0.1) is 0 Å². The molecule has 0 radical (unpaired) electrons. The number of anilines is 2. The van der Waals surface area contributed by atoms with Crippen molar-refractivity contribution >= 4 is 44.2 Å². The van der Waals surface area contributed by atoms with E-state index in [4.69, 9.17) is 14.2 Å². The maximum Gasteiger partial charge on any atom is 0.312 e. The number of nitrogens with one attached hydrogen (secondary N) is 3. The van der Waals surface area contributed by atoms with E-state index < -0.39 is 42.9 Å². The molecular weight excluding hydrogens is 932 g/mol. The highest BCUT2D eigenvalue weighted by Crippen LogP contribution is 2.49. The Kier molecular flexibility index (Phi) is 15.5. The van der Waals surface area contributed by atoms with Crippen molar-refractivity contribution in [2.75, 3.05) is 56.7 Å². The first kappa shape index (κ1) is 51.5. The molecule has 1 aliphatic carbocycles. The number of likely N-dealkylation sites (tertiary alicyclic amines) is 1. The number of unbranched alkanes of at least 4 members (excludes halogenated alkanes) is 1. The quantitative estimate of drug-likeness (QED) is 0.0306. The van der Waals surface area contributed by atoms with E-state index >= 15 is 4.39 Å². The number of nitro groups is 1. The van der Waals surface area contributed by atoms with Gasteiger partial charge in [0.25, 0.3) is 21.8 Å². The number of ether oxygens (including phenoxy) is 3. The van der Waals surface area contributed by atoms with Crippen molar-refractivity contribution in [2.24, 2.45) is 5.41 Å². The lowest BCUT2D eigenvalue weighted by Gasteiger charge is -2.57. The van der Waals surface area contributed by atoms with Crippen LogP contribution in [0.5, 0.6) is 17.4 Å². The fourth-order valence-corrected chi connectivity index (χ4v) is 11.3. The van der Waals surface area contributed by atoms with Crippen LogP contribution in [0.3, 0.4) is 0 Å². The zero-order valence-corrected chi connectivity index (χ0v) is 42.3. The van der Waals surface area contributed by atoms with E-state index in [1.165, 1.54) is 49.6 Å². The van der Waals surface area contributed by atoms with Gasteiger partial charge < -0.3 is 34.5 Å². The van der Waals surface area contributed by atoms with Crippen LogP contribution < -0.4 is 24.4 Å². The lowest BCUT2D eigenvalue weighted by atomic mass is 9.70. The monoisotopic (exact) mass is 998 g/mol. The number of aromatic amines is 1. The number of benzene rings is 2. The van der Waals surface area contributed by atoms with Crippen LogP contribution in [-0.2, 0) is 14.8 Å². The van der Waals surface area contributed by atoms with E-state index in [2.05, 4.69) is 72.9 Å². The number of hydrogen-bond acceptors (Lipinski definition) is 14. The van der Waals surface area contributed by atoms with Crippen molar-refractivity contribution < 1.29 is 41.8 Å². The number of hydrogen-bond donors (Lipinski definition) is 4. The molecule has 4 atom stereocenters. The predicted molar refractivity (Wildman–Crippen MR) is 270 cm³/mol. The second-order valence-electron chi connectivity index (χ2n) is 20.2. The number of fused-ring (bicyclic) bond motifs is 1. The molecule has 17 nitrogen and oxygen atoms in total. The number of halogens is 1. The average Bonchev–Trinajstić information content (AvgIpc) is 3.98. The van der Waals surface area contributed by atoms with Crippen molar-refractivity contribution in [3.8, 4) is 17.4 Å². The average molecular weight is 999 g/mol. The third-order valence-corrected chi connectivity index (χ3v) is 16.1. The van der Waals surface area contributed by atoms with Gasteiger partial charge in [-0.3, -0.25) is 19.8 Å². The summed E-state index contributed by atoms with van der Waals surface area (Å²) >= 11 is 0. The van der Waals surface area contributed by atoms with Crippen molar-refractivity contribution in [1.82, 2.24) is 24.6 Å². The third-order valence-electron chi connectivity index (χ3n) is 14.8. The van der Waals surface area contributed by atoms with Crippen LogP contribution in [0.25, 0.3) is 11.0 Å². The molecule has 1 amide bonds. The van der Waals surface area contributed by atoms with E-state index in [0.717, 1.165) is 63.2 Å². The molecule has 3 aromatic heterocycles. The first-order chi connectivity index (χ1) is 33.9. The van der Waals surface area contributed by atoms with E-state index in [9.17, 15) is 28.4 Å². The molecule has 4 N–H and O–H groups in total. The summed E-state index contributed by atoms with van der Waals surface area (Å²) in [5, 5.41) is 25.4. The van der Waals surface area contributed by atoms with Gasteiger partial charge in [0.1, 0.15) is 28.7 Å². The van der Waals surface area contributed by atoms with E-state index in [1.54, 1.807) is 26.0 Å². The molecule has 1 saturated carbocycles. The Bertz CT molecular complexity index is 2820. The Balaban J connectivity index is 1.02. The zero-order valence-electron chi connectivity index (χ0n) is 41.5. The molecule has 3 fully saturated rings. The largest absolute Gasteiger partial charge is 0.472 e. The number of carbonyl (C=O) groups is 1. The minimum absolute atomic E-state index is 0.0285. The lowest BCUT2D eigenvalue weighted by molar-refractivity contribution is -0.384. The van der Waals surface area contributed by atoms with E-state index in [0.29, 0.717) is 50.1 Å². The van der Waals surface area contributed by atoms with Gasteiger partial charge in [-0.05, 0) is 106 Å². The molecular formula is C52H67FN8O9S. The molecule has 5 aromatic rings. The summed E-state index contributed by atoms with van der Waals surface area (Å²) in [5.74, 6) is -0.964.